The van der Waals surface area contributed by atoms with Gasteiger partial charge in [0.15, 0.2) is 0 Å². The van der Waals surface area contributed by atoms with Crippen LogP contribution in [0, 0.1) is 17.0 Å². The van der Waals surface area contributed by atoms with Crippen molar-refractivity contribution in [3.63, 3.8) is 0 Å². The molecule has 0 amide bonds. The van der Waals surface area contributed by atoms with Crippen LogP contribution in [0.25, 0.3) is 10.9 Å². The summed E-state index contributed by atoms with van der Waals surface area (Å²) < 4.78 is 33.3. The van der Waals surface area contributed by atoms with Crippen LogP contribution in [-0.2, 0) is 10.0 Å². The fourth-order valence-corrected chi connectivity index (χ4v) is 5.15. The van der Waals surface area contributed by atoms with E-state index in [0.29, 0.717) is 17.9 Å². The number of hydrogen-bond donors (Lipinski definition) is 0. The summed E-state index contributed by atoms with van der Waals surface area (Å²) in [4.78, 5) is 14.9. The minimum atomic E-state index is -3.86. The lowest BCUT2D eigenvalue weighted by atomic mass is 10.2. The van der Waals surface area contributed by atoms with Gasteiger partial charge in [0.1, 0.15) is 6.10 Å². The fourth-order valence-electron chi connectivity index (χ4n) is 3.42. The van der Waals surface area contributed by atoms with E-state index < -0.39 is 14.9 Å². The molecule has 1 atom stereocenters. The number of fused-ring (bicyclic) bond motifs is 1. The molecule has 4 rings (SSSR count). The molecule has 1 aromatic heterocycles. The zero-order valence-electron chi connectivity index (χ0n) is 15.7. The number of benzene rings is 2. The topological polar surface area (TPSA) is 103 Å². The standard InChI is InChI=1S/C20H19N3O5S/c1-14-6-8-16(23(24)25)12-19(14)29(26,27)22-11-10-17(13-22)28-20-9-7-15-4-2-3-5-18(15)21-20/h2-9,12,17H,10-11,13H2,1H3. The third kappa shape index (κ3) is 3.79. The molecule has 0 saturated carbocycles. The third-order valence-corrected chi connectivity index (χ3v) is 6.98. The van der Waals surface area contributed by atoms with Crippen LogP contribution in [0.4, 0.5) is 5.69 Å². The number of nitro groups is 1. The lowest BCUT2D eigenvalue weighted by molar-refractivity contribution is -0.385. The number of pyridine rings is 1. The van der Waals surface area contributed by atoms with Crippen molar-refractivity contribution < 1.29 is 18.1 Å². The molecule has 9 heteroatoms. The SMILES string of the molecule is Cc1ccc([N+](=O)[O-])cc1S(=O)(=O)N1CCC(Oc2ccc3ccccc3n2)C1. The maximum absolute atomic E-state index is 13.0. The minimum Gasteiger partial charge on any atom is -0.473 e. The van der Waals surface area contributed by atoms with Crippen molar-refractivity contribution >= 4 is 26.6 Å². The number of nitro benzene ring substituents is 1. The van der Waals surface area contributed by atoms with Gasteiger partial charge in [-0.1, -0.05) is 24.3 Å². The number of nitrogens with zero attached hydrogens (tertiary/aromatic N) is 3. The highest BCUT2D eigenvalue weighted by molar-refractivity contribution is 7.89. The molecule has 3 aromatic rings. The smallest absolute Gasteiger partial charge is 0.270 e. The zero-order valence-corrected chi connectivity index (χ0v) is 16.5. The first-order chi connectivity index (χ1) is 13.8. The molecule has 150 valence electrons. The molecule has 0 radical (unpaired) electrons. The molecule has 2 heterocycles. The van der Waals surface area contributed by atoms with E-state index in [1.165, 1.54) is 16.4 Å². The molecular weight excluding hydrogens is 394 g/mol. The van der Waals surface area contributed by atoms with E-state index in [4.69, 9.17) is 4.74 Å². The Bertz CT molecular complexity index is 1200. The van der Waals surface area contributed by atoms with Gasteiger partial charge in [-0.15, -0.1) is 0 Å². The van der Waals surface area contributed by atoms with Gasteiger partial charge in [0, 0.05) is 30.1 Å². The number of ether oxygens (including phenoxy) is 1. The van der Waals surface area contributed by atoms with Gasteiger partial charge in [0.2, 0.25) is 15.9 Å². The van der Waals surface area contributed by atoms with Gasteiger partial charge in [0.05, 0.1) is 21.9 Å². The lowest BCUT2D eigenvalue weighted by Gasteiger charge is -2.18. The molecule has 1 aliphatic heterocycles. The summed E-state index contributed by atoms with van der Waals surface area (Å²) in [6.07, 6.45) is 0.180. The van der Waals surface area contributed by atoms with E-state index in [2.05, 4.69) is 4.98 Å². The Hall–Kier alpha value is -3.04. The second-order valence-electron chi connectivity index (χ2n) is 6.94. The molecule has 1 aliphatic rings. The van der Waals surface area contributed by atoms with Crippen molar-refractivity contribution in [1.82, 2.24) is 9.29 Å². The molecule has 2 aromatic carbocycles. The highest BCUT2D eigenvalue weighted by atomic mass is 32.2. The molecule has 0 bridgehead atoms. The largest absolute Gasteiger partial charge is 0.473 e. The Balaban J connectivity index is 1.53. The second-order valence-corrected chi connectivity index (χ2v) is 8.85. The van der Waals surface area contributed by atoms with Gasteiger partial charge in [-0.3, -0.25) is 10.1 Å². The number of non-ortho nitro benzene ring substituents is 1. The lowest BCUT2D eigenvalue weighted by Crippen LogP contribution is -2.31. The molecule has 0 N–H and O–H groups in total. The average molecular weight is 413 g/mol. The Morgan fingerprint density at radius 3 is 2.76 bits per heavy atom. The summed E-state index contributed by atoms with van der Waals surface area (Å²) in [6.45, 7) is 2.07. The molecule has 1 saturated heterocycles. The normalized spacial score (nSPS) is 17.5. The van der Waals surface area contributed by atoms with E-state index in [0.717, 1.165) is 17.0 Å². The Labute approximate surface area is 167 Å². The van der Waals surface area contributed by atoms with Crippen LogP contribution in [0.3, 0.4) is 0 Å². The molecule has 0 spiro atoms. The highest BCUT2D eigenvalue weighted by Crippen LogP contribution is 2.28. The van der Waals surface area contributed by atoms with Crippen molar-refractivity contribution in [2.24, 2.45) is 0 Å². The summed E-state index contributed by atoms with van der Waals surface area (Å²) in [6, 6.07) is 15.2. The van der Waals surface area contributed by atoms with Crippen LogP contribution in [0.1, 0.15) is 12.0 Å². The van der Waals surface area contributed by atoms with Crippen molar-refractivity contribution in [2.45, 2.75) is 24.3 Å². The second kappa shape index (κ2) is 7.41. The number of sulfonamides is 1. The summed E-state index contributed by atoms with van der Waals surface area (Å²) in [5, 5.41) is 12.0. The number of aryl methyl sites for hydroxylation is 1. The van der Waals surface area contributed by atoms with E-state index in [-0.39, 0.29) is 29.8 Å². The van der Waals surface area contributed by atoms with E-state index >= 15 is 0 Å². The van der Waals surface area contributed by atoms with Gasteiger partial charge >= 0.3 is 0 Å². The Kier molecular flexibility index (Phi) is 4.93. The number of rotatable bonds is 5. The van der Waals surface area contributed by atoms with Crippen LogP contribution >= 0.6 is 0 Å². The number of aromatic nitrogens is 1. The maximum atomic E-state index is 13.0. The predicted molar refractivity (Wildman–Crippen MR) is 107 cm³/mol. The predicted octanol–water partition coefficient (Wildman–Crippen LogP) is 3.29. The van der Waals surface area contributed by atoms with Crippen LogP contribution in [0.5, 0.6) is 5.88 Å². The summed E-state index contributed by atoms with van der Waals surface area (Å²) >= 11 is 0. The first-order valence-electron chi connectivity index (χ1n) is 9.12. The van der Waals surface area contributed by atoms with Gasteiger partial charge in [-0.2, -0.15) is 4.31 Å². The van der Waals surface area contributed by atoms with Crippen LogP contribution < -0.4 is 4.74 Å². The van der Waals surface area contributed by atoms with E-state index in [1.807, 2.05) is 30.3 Å². The zero-order chi connectivity index (χ0) is 20.6. The average Bonchev–Trinajstić information content (AvgIpc) is 3.17. The monoisotopic (exact) mass is 413 g/mol. The van der Waals surface area contributed by atoms with E-state index in [9.17, 15) is 18.5 Å². The molecule has 8 nitrogen and oxygen atoms in total. The third-order valence-electron chi connectivity index (χ3n) is 4.97. The van der Waals surface area contributed by atoms with Gasteiger partial charge in [-0.05, 0) is 31.0 Å². The van der Waals surface area contributed by atoms with Crippen LogP contribution in [0.15, 0.2) is 59.5 Å². The quantitative estimate of drug-likeness (QED) is 0.470. The summed E-state index contributed by atoms with van der Waals surface area (Å²) in [5.74, 6) is 0.444. The fraction of sp³-hybridized carbons (Fsp3) is 0.250. The number of hydrogen-bond acceptors (Lipinski definition) is 6. The first-order valence-corrected chi connectivity index (χ1v) is 10.6. The summed E-state index contributed by atoms with van der Waals surface area (Å²) in [5.41, 5.74) is 1.03. The van der Waals surface area contributed by atoms with Gasteiger partial charge in [0.25, 0.3) is 5.69 Å². The van der Waals surface area contributed by atoms with Crippen molar-refractivity contribution in [1.29, 1.82) is 0 Å². The Morgan fingerprint density at radius 1 is 1.17 bits per heavy atom. The van der Waals surface area contributed by atoms with Crippen molar-refractivity contribution in [3.05, 3.63) is 70.3 Å². The molecule has 1 fully saturated rings. The van der Waals surface area contributed by atoms with Crippen molar-refractivity contribution in [2.75, 3.05) is 13.1 Å². The molecule has 1 unspecified atom stereocenters. The first kappa shape index (κ1) is 19.3. The van der Waals surface area contributed by atoms with E-state index in [1.54, 1.807) is 13.0 Å². The van der Waals surface area contributed by atoms with Gasteiger partial charge < -0.3 is 4.74 Å². The maximum Gasteiger partial charge on any atom is 0.270 e. The molecule has 29 heavy (non-hydrogen) atoms. The van der Waals surface area contributed by atoms with Crippen LogP contribution in [-0.4, -0.2) is 41.8 Å². The molecular formula is C20H19N3O5S. The summed E-state index contributed by atoms with van der Waals surface area (Å²) in [7, 11) is -3.86. The van der Waals surface area contributed by atoms with Gasteiger partial charge in [-0.25, -0.2) is 13.4 Å². The van der Waals surface area contributed by atoms with Crippen molar-refractivity contribution in [3.8, 4) is 5.88 Å². The Morgan fingerprint density at radius 2 is 1.97 bits per heavy atom. The minimum absolute atomic E-state index is 0.0452. The highest BCUT2D eigenvalue weighted by Gasteiger charge is 2.35. The number of para-hydroxylation sites is 1. The van der Waals surface area contributed by atoms with Crippen LogP contribution in [0.2, 0.25) is 0 Å². The molecule has 0 aliphatic carbocycles.